The van der Waals surface area contributed by atoms with E-state index in [-0.39, 0.29) is 18.1 Å². The molecule has 1 aromatic rings. The Balaban J connectivity index is 1.94. The summed E-state index contributed by atoms with van der Waals surface area (Å²) in [5.74, 6) is 0.221. The van der Waals surface area contributed by atoms with Crippen LogP contribution in [0.5, 0.6) is 0 Å². The van der Waals surface area contributed by atoms with Crippen molar-refractivity contribution in [3.63, 3.8) is 0 Å². The highest BCUT2D eigenvalue weighted by Gasteiger charge is 2.54. The number of hydrogen-bond acceptors (Lipinski definition) is 2. The zero-order valence-electron chi connectivity index (χ0n) is 10.2. The van der Waals surface area contributed by atoms with Gasteiger partial charge in [-0.25, -0.2) is 0 Å². The van der Waals surface area contributed by atoms with Crippen LogP contribution in [0.3, 0.4) is 0 Å². The molecule has 2 fully saturated rings. The molecule has 3 heteroatoms. The molecule has 2 aliphatic heterocycles. The number of benzene rings is 1. The maximum absolute atomic E-state index is 11.9. The molecule has 0 N–H and O–H groups in total. The molecule has 2 aliphatic rings. The number of hydrogen-bond donors (Lipinski definition) is 0. The minimum atomic E-state index is -0.392. The van der Waals surface area contributed by atoms with Gasteiger partial charge in [0.25, 0.3) is 0 Å². The molecule has 0 saturated carbocycles. The van der Waals surface area contributed by atoms with Crippen molar-refractivity contribution in [2.45, 2.75) is 44.6 Å². The van der Waals surface area contributed by atoms with Gasteiger partial charge in [-0.3, -0.25) is 4.79 Å². The monoisotopic (exact) mass is 231 g/mol. The van der Waals surface area contributed by atoms with Crippen LogP contribution in [-0.2, 0) is 9.53 Å². The van der Waals surface area contributed by atoms with E-state index in [9.17, 15) is 4.79 Å². The molecule has 3 atom stereocenters. The van der Waals surface area contributed by atoms with Crippen molar-refractivity contribution in [2.75, 3.05) is 0 Å². The van der Waals surface area contributed by atoms with Gasteiger partial charge in [0, 0.05) is 12.8 Å². The third-order valence-electron chi connectivity index (χ3n) is 3.94. The molecule has 0 bridgehead atoms. The van der Waals surface area contributed by atoms with E-state index in [0.29, 0.717) is 6.42 Å². The summed E-state index contributed by atoms with van der Waals surface area (Å²) in [5, 5.41) is 0. The van der Waals surface area contributed by atoms with E-state index < -0.39 is 5.72 Å². The summed E-state index contributed by atoms with van der Waals surface area (Å²) in [6.45, 7) is 4.10. The Kier molecular flexibility index (Phi) is 2.26. The van der Waals surface area contributed by atoms with Gasteiger partial charge < -0.3 is 9.64 Å². The molecule has 90 valence electrons. The summed E-state index contributed by atoms with van der Waals surface area (Å²) < 4.78 is 6.15. The largest absolute Gasteiger partial charge is 0.346 e. The fourth-order valence-corrected chi connectivity index (χ4v) is 3.11. The van der Waals surface area contributed by atoms with E-state index in [0.717, 1.165) is 12.0 Å². The SMILES string of the molecule is C[C@H]1[C@@H](c2ccccc2)O[C@@]2(C)CCC(=O)N12. The number of amides is 1. The fraction of sp³-hybridized carbons (Fsp3) is 0.500. The number of nitrogens with zero attached hydrogens (tertiary/aromatic N) is 1. The Morgan fingerprint density at radius 2 is 2.06 bits per heavy atom. The van der Waals surface area contributed by atoms with E-state index in [1.807, 2.05) is 30.0 Å². The van der Waals surface area contributed by atoms with Crippen LogP contribution in [0.25, 0.3) is 0 Å². The number of fused-ring (bicyclic) bond motifs is 1. The second-order valence-corrected chi connectivity index (χ2v) is 5.13. The maximum atomic E-state index is 11.9. The topological polar surface area (TPSA) is 29.5 Å². The Labute approximate surface area is 101 Å². The summed E-state index contributed by atoms with van der Waals surface area (Å²) in [6, 6.07) is 10.3. The van der Waals surface area contributed by atoms with Crippen molar-refractivity contribution in [1.82, 2.24) is 4.90 Å². The average molecular weight is 231 g/mol. The van der Waals surface area contributed by atoms with Crippen LogP contribution in [0.2, 0.25) is 0 Å². The standard InChI is InChI=1S/C14H17NO2/c1-10-13(11-6-4-3-5-7-11)17-14(2)9-8-12(16)15(10)14/h3-7,10,13H,8-9H2,1-2H3/t10-,13-,14-/m0/s1. The average Bonchev–Trinajstić information content (AvgIpc) is 2.77. The van der Waals surface area contributed by atoms with E-state index in [2.05, 4.69) is 19.1 Å². The van der Waals surface area contributed by atoms with Crippen molar-refractivity contribution < 1.29 is 9.53 Å². The number of rotatable bonds is 1. The second-order valence-electron chi connectivity index (χ2n) is 5.13. The predicted octanol–water partition coefficient (Wildman–Crippen LogP) is 2.49. The van der Waals surface area contributed by atoms with Gasteiger partial charge in [0.05, 0.1) is 6.04 Å². The molecule has 0 unspecified atom stereocenters. The first-order chi connectivity index (χ1) is 8.12. The molecule has 0 aliphatic carbocycles. The van der Waals surface area contributed by atoms with E-state index >= 15 is 0 Å². The second kappa shape index (κ2) is 3.57. The minimum absolute atomic E-state index is 0.00505. The Morgan fingerprint density at radius 1 is 1.35 bits per heavy atom. The minimum Gasteiger partial charge on any atom is -0.346 e. The Hall–Kier alpha value is -1.35. The van der Waals surface area contributed by atoms with Crippen LogP contribution in [-0.4, -0.2) is 22.6 Å². The fourth-order valence-electron chi connectivity index (χ4n) is 3.11. The summed E-state index contributed by atoms with van der Waals surface area (Å²) >= 11 is 0. The smallest absolute Gasteiger partial charge is 0.225 e. The number of carbonyl (C=O) groups is 1. The van der Waals surface area contributed by atoms with E-state index in [1.54, 1.807) is 0 Å². The molecular weight excluding hydrogens is 214 g/mol. The summed E-state index contributed by atoms with van der Waals surface area (Å²) in [5.41, 5.74) is 0.764. The molecule has 0 spiro atoms. The van der Waals surface area contributed by atoms with Gasteiger partial charge >= 0.3 is 0 Å². The molecule has 0 radical (unpaired) electrons. The van der Waals surface area contributed by atoms with Gasteiger partial charge in [-0.1, -0.05) is 30.3 Å². The van der Waals surface area contributed by atoms with Crippen molar-refractivity contribution in [3.05, 3.63) is 35.9 Å². The van der Waals surface area contributed by atoms with Crippen LogP contribution < -0.4 is 0 Å². The highest BCUT2D eigenvalue weighted by molar-refractivity contribution is 5.80. The van der Waals surface area contributed by atoms with Crippen LogP contribution in [0, 0.1) is 0 Å². The molecule has 3 rings (SSSR count). The molecule has 0 aromatic heterocycles. The molecule has 1 amide bonds. The van der Waals surface area contributed by atoms with Gasteiger partial charge in [-0.15, -0.1) is 0 Å². The molecule has 2 heterocycles. The lowest BCUT2D eigenvalue weighted by Crippen LogP contribution is -2.42. The Bertz CT molecular complexity index is 445. The highest BCUT2D eigenvalue weighted by atomic mass is 16.5. The van der Waals surface area contributed by atoms with E-state index in [4.69, 9.17) is 4.74 Å². The number of ether oxygens (including phenoxy) is 1. The first-order valence-electron chi connectivity index (χ1n) is 6.17. The zero-order chi connectivity index (χ0) is 12.0. The van der Waals surface area contributed by atoms with E-state index in [1.165, 1.54) is 0 Å². The van der Waals surface area contributed by atoms with Crippen LogP contribution in [0.15, 0.2) is 30.3 Å². The molecule has 17 heavy (non-hydrogen) atoms. The van der Waals surface area contributed by atoms with Gasteiger partial charge in [0.15, 0.2) is 0 Å². The predicted molar refractivity (Wildman–Crippen MR) is 64.2 cm³/mol. The van der Waals surface area contributed by atoms with Crippen LogP contribution >= 0.6 is 0 Å². The van der Waals surface area contributed by atoms with Crippen LogP contribution in [0.4, 0.5) is 0 Å². The zero-order valence-corrected chi connectivity index (χ0v) is 10.2. The Morgan fingerprint density at radius 3 is 2.71 bits per heavy atom. The van der Waals surface area contributed by atoms with Crippen molar-refractivity contribution in [1.29, 1.82) is 0 Å². The van der Waals surface area contributed by atoms with Crippen molar-refractivity contribution in [2.24, 2.45) is 0 Å². The summed E-state index contributed by atoms with van der Waals surface area (Å²) in [6.07, 6.45) is 1.42. The van der Waals surface area contributed by atoms with Gasteiger partial charge in [0.2, 0.25) is 5.91 Å². The van der Waals surface area contributed by atoms with Crippen molar-refractivity contribution in [3.8, 4) is 0 Å². The van der Waals surface area contributed by atoms with Crippen LogP contribution in [0.1, 0.15) is 38.4 Å². The lowest BCUT2D eigenvalue weighted by Gasteiger charge is -2.27. The summed E-state index contributed by atoms with van der Waals surface area (Å²) in [7, 11) is 0. The third kappa shape index (κ3) is 1.49. The molecule has 2 saturated heterocycles. The third-order valence-corrected chi connectivity index (χ3v) is 3.94. The lowest BCUT2D eigenvalue weighted by molar-refractivity contribution is -0.137. The number of carbonyl (C=O) groups excluding carboxylic acids is 1. The summed E-state index contributed by atoms with van der Waals surface area (Å²) in [4.78, 5) is 13.8. The molecule has 1 aromatic carbocycles. The molecular formula is C14H17NO2. The first kappa shape index (κ1) is 10.8. The quantitative estimate of drug-likeness (QED) is 0.743. The van der Waals surface area contributed by atoms with Gasteiger partial charge in [-0.05, 0) is 19.4 Å². The highest BCUT2D eigenvalue weighted by Crippen LogP contribution is 2.46. The normalized spacial score (nSPS) is 36.4. The van der Waals surface area contributed by atoms with Gasteiger partial charge in [-0.2, -0.15) is 0 Å². The first-order valence-corrected chi connectivity index (χ1v) is 6.17. The van der Waals surface area contributed by atoms with Gasteiger partial charge in [0.1, 0.15) is 11.8 Å². The molecule has 3 nitrogen and oxygen atoms in total. The maximum Gasteiger partial charge on any atom is 0.225 e. The lowest BCUT2D eigenvalue weighted by atomic mass is 10.0. The van der Waals surface area contributed by atoms with Crippen molar-refractivity contribution >= 4 is 5.91 Å².